The minimum Gasteiger partial charge on any atom is -0.497 e. The van der Waals surface area contributed by atoms with Crippen LogP contribution in [0.3, 0.4) is 0 Å². The van der Waals surface area contributed by atoms with Crippen molar-refractivity contribution in [2.45, 2.75) is 19.8 Å². The lowest BCUT2D eigenvalue weighted by Crippen LogP contribution is -2.12. The Morgan fingerprint density at radius 1 is 1.09 bits per heavy atom. The van der Waals surface area contributed by atoms with Crippen molar-refractivity contribution in [1.29, 1.82) is 0 Å². The fraction of sp³-hybridized carbons (Fsp3) is 0.278. The molecule has 0 radical (unpaired) electrons. The Balaban J connectivity index is 1.98. The number of aryl methyl sites for hydroxylation is 2. The van der Waals surface area contributed by atoms with Crippen molar-refractivity contribution in [2.75, 3.05) is 19.5 Å². The number of anilines is 1. The van der Waals surface area contributed by atoms with E-state index < -0.39 is 0 Å². The summed E-state index contributed by atoms with van der Waals surface area (Å²) in [4.78, 5) is 12.1. The topological polar surface area (TPSA) is 47.6 Å². The molecule has 4 nitrogen and oxygen atoms in total. The van der Waals surface area contributed by atoms with Crippen LogP contribution in [-0.4, -0.2) is 20.1 Å². The quantitative estimate of drug-likeness (QED) is 0.887. The fourth-order valence-electron chi connectivity index (χ4n) is 2.27. The molecule has 2 aromatic carbocycles. The molecule has 0 unspecified atom stereocenters. The van der Waals surface area contributed by atoms with Gasteiger partial charge in [-0.2, -0.15) is 0 Å². The van der Waals surface area contributed by atoms with Gasteiger partial charge in [0.1, 0.15) is 11.5 Å². The summed E-state index contributed by atoms with van der Waals surface area (Å²) in [5.41, 5.74) is 2.90. The molecule has 0 aliphatic carbocycles. The second-order valence-electron chi connectivity index (χ2n) is 5.10. The van der Waals surface area contributed by atoms with Crippen LogP contribution in [0.25, 0.3) is 0 Å². The van der Waals surface area contributed by atoms with E-state index in [4.69, 9.17) is 9.47 Å². The van der Waals surface area contributed by atoms with E-state index in [0.717, 1.165) is 28.3 Å². The van der Waals surface area contributed by atoms with Crippen LogP contribution in [0.5, 0.6) is 11.5 Å². The van der Waals surface area contributed by atoms with E-state index in [1.54, 1.807) is 14.2 Å². The van der Waals surface area contributed by atoms with Gasteiger partial charge in [0, 0.05) is 12.1 Å². The van der Waals surface area contributed by atoms with E-state index in [0.29, 0.717) is 12.8 Å². The third kappa shape index (κ3) is 4.25. The highest BCUT2D eigenvalue weighted by atomic mass is 16.5. The number of amides is 1. The summed E-state index contributed by atoms with van der Waals surface area (Å²) in [5, 5.41) is 2.91. The molecule has 116 valence electrons. The maximum absolute atomic E-state index is 12.1. The molecule has 0 aromatic heterocycles. The highest BCUT2D eigenvalue weighted by Crippen LogP contribution is 2.25. The number of ether oxygens (including phenoxy) is 2. The van der Waals surface area contributed by atoms with Gasteiger partial charge in [0.2, 0.25) is 5.91 Å². The van der Waals surface area contributed by atoms with E-state index >= 15 is 0 Å². The minimum atomic E-state index is -0.0181. The van der Waals surface area contributed by atoms with Gasteiger partial charge < -0.3 is 14.8 Å². The van der Waals surface area contributed by atoms with Crippen LogP contribution in [-0.2, 0) is 11.2 Å². The van der Waals surface area contributed by atoms with Crippen molar-refractivity contribution >= 4 is 11.6 Å². The van der Waals surface area contributed by atoms with E-state index in [1.165, 1.54) is 0 Å². The first kappa shape index (κ1) is 15.9. The van der Waals surface area contributed by atoms with Crippen molar-refractivity contribution in [2.24, 2.45) is 0 Å². The molecule has 0 spiro atoms. The van der Waals surface area contributed by atoms with E-state index in [9.17, 15) is 4.79 Å². The number of methoxy groups -OCH3 is 2. The zero-order valence-electron chi connectivity index (χ0n) is 13.2. The Labute approximate surface area is 131 Å². The third-order valence-electron chi connectivity index (χ3n) is 3.41. The van der Waals surface area contributed by atoms with Crippen molar-refractivity contribution in [3.63, 3.8) is 0 Å². The molecule has 2 rings (SSSR count). The standard InChI is InChI=1S/C18H21NO3/c1-13-5-4-6-15(11-13)19-18(20)10-7-14-12-16(21-2)8-9-17(14)22-3/h4-6,8-9,11-12H,7,10H2,1-3H3,(H,19,20). The lowest BCUT2D eigenvalue weighted by Gasteiger charge is -2.11. The number of carbonyl (C=O) groups excluding carboxylic acids is 1. The molecule has 1 N–H and O–H groups in total. The number of hydrogen-bond donors (Lipinski definition) is 1. The van der Waals surface area contributed by atoms with Gasteiger partial charge in [0.15, 0.2) is 0 Å². The number of rotatable bonds is 6. The summed E-state index contributed by atoms with van der Waals surface area (Å²) in [7, 11) is 3.24. The van der Waals surface area contributed by atoms with Crippen LogP contribution in [0, 0.1) is 6.92 Å². The zero-order valence-corrected chi connectivity index (χ0v) is 13.2. The van der Waals surface area contributed by atoms with Gasteiger partial charge in [0.05, 0.1) is 14.2 Å². The van der Waals surface area contributed by atoms with Gasteiger partial charge in [-0.3, -0.25) is 4.79 Å². The number of nitrogens with one attached hydrogen (secondary N) is 1. The van der Waals surface area contributed by atoms with Crippen LogP contribution in [0.15, 0.2) is 42.5 Å². The molecule has 4 heteroatoms. The molecule has 22 heavy (non-hydrogen) atoms. The first-order valence-electron chi connectivity index (χ1n) is 7.20. The van der Waals surface area contributed by atoms with Crippen LogP contribution in [0.2, 0.25) is 0 Å². The molecule has 0 aliphatic heterocycles. The lowest BCUT2D eigenvalue weighted by molar-refractivity contribution is -0.116. The molecule has 2 aromatic rings. The fourth-order valence-corrected chi connectivity index (χ4v) is 2.27. The molecule has 0 atom stereocenters. The Kier molecular flexibility index (Phi) is 5.42. The van der Waals surface area contributed by atoms with Gasteiger partial charge >= 0.3 is 0 Å². The van der Waals surface area contributed by atoms with Crippen molar-refractivity contribution in [3.05, 3.63) is 53.6 Å². The smallest absolute Gasteiger partial charge is 0.224 e. The Morgan fingerprint density at radius 3 is 2.59 bits per heavy atom. The Bertz CT molecular complexity index is 653. The molecule has 0 bridgehead atoms. The predicted molar refractivity (Wildman–Crippen MR) is 87.7 cm³/mol. The molecule has 0 saturated heterocycles. The monoisotopic (exact) mass is 299 g/mol. The molecule has 0 saturated carbocycles. The van der Waals surface area contributed by atoms with Gasteiger partial charge in [-0.15, -0.1) is 0 Å². The molecular weight excluding hydrogens is 278 g/mol. The van der Waals surface area contributed by atoms with Gasteiger partial charge in [0.25, 0.3) is 0 Å². The van der Waals surface area contributed by atoms with Gasteiger partial charge in [-0.05, 0) is 54.8 Å². The summed E-state index contributed by atoms with van der Waals surface area (Å²) in [6.07, 6.45) is 0.982. The maximum atomic E-state index is 12.1. The van der Waals surface area contributed by atoms with Crippen LogP contribution in [0.4, 0.5) is 5.69 Å². The summed E-state index contributed by atoms with van der Waals surface area (Å²) < 4.78 is 10.5. The average molecular weight is 299 g/mol. The lowest BCUT2D eigenvalue weighted by atomic mass is 10.1. The van der Waals surface area contributed by atoms with Crippen molar-refractivity contribution < 1.29 is 14.3 Å². The maximum Gasteiger partial charge on any atom is 0.224 e. The predicted octanol–water partition coefficient (Wildman–Crippen LogP) is 3.58. The van der Waals surface area contributed by atoms with Gasteiger partial charge in [-0.25, -0.2) is 0 Å². The summed E-state index contributed by atoms with van der Waals surface area (Å²) in [6.45, 7) is 2.00. The van der Waals surface area contributed by atoms with Crippen LogP contribution < -0.4 is 14.8 Å². The summed E-state index contributed by atoms with van der Waals surface area (Å²) in [6, 6.07) is 13.4. The molecule has 1 amide bonds. The highest BCUT2D eigenvalue weighted by Gasteiger charge is 2.08. The van der Waals surface area contributed by atoms with E-state index in [-0.39, 0.29) is 5.91 Å². The number of benzene rings is 2. The van der Waals surface area contributed by atoms with Crippen molar-refractivity contribution in [1.82, 2.24) is 0 Å². The second kappa shape index (κ2) is 7.50. The zero-order chi connectivity index (χ0) is 15.9. The molecule has 0 heterocycles. The summed E-state index contributed by atoms with van der Waals surface area (Å²) >= 11 is 0. The number of hydrogen-bond acceptors (Lipinski definition) is 3. The molecular formula is C18H21NO3. The minimum absolute atomic E-state index is 0.0181. The SMILES string of the molecule is COc1ccc(OC)c(CCC(=O)Nc2cccc(C)c2)c1. The Morgan fingerprint density at radius 2 is 1.91 bits per heavy atom. The number of carbonyl (C=O) groups is 1. The van der Waals surface area contributed by atoms with Crippen LogP contribution >= 0.6 is 0 Å². The normalized spacial score (nSPS) is 10.1. The average Bonchev–Trinajstić information content (AvgIpc) is 2.52. The summed E-state index contributed by atoms with van der Waals surface area (Å²) in [5.74, 6) is 1.51. The van der Waals surface area contributed by atoms with E-state index in [2.05, 4.69) is 5.32 Å². The van der Waals surface area contributed by atoms with E-state index in [1.807, 2.05) is 49.4 Å². The highest BCUT2D eigenvalue weighted by molar-refractivity contribution is 5.90. The van der Waals surface area contributed by atoms with Gasteiger partial charge in [-0.1, -0.05) is 12.1 Å². The van der Waals surface area contributed by atoms with Crippen LogP contribution in [0.1, 0.15) is 17.5 Å². The molecule has 0 fully saturated rings. The third-order valence-corrected chi connectivity index (χ3v) is 3.41. The second-order valence-corrected chi connectivity index (χ2v) is 5.10. The first-order chi connectivity index (χ1) is 10.6. The van der Waals surface area contributed by atoms with Crippen molar-refractivity contribution in [3.8, 4) is 11.5 Å². The largest absolute Gasteiger partial charge is 0.497 e. The molecule has 0 aliphatic rings. The Hall–Kier alpha value is -2.49. The first-order valence-corrected chi connectivity index (χ1v) is 7.20.